The van der Waals surface area contributed by atoms with Crippen LogP contribution in [-0.4, -0.2) is 5.91 Å². The first-order valence-electron chi connectivity index (χ1n) is 5.61. The van der Waals surface area contributed by atoms with Crippen LogP contribution in [0, 0.1) is 0 Å². The van der Waals surface area contributed by atoms with Crippen LogP contribution in [-0.2, 0) is 6.18 Å². The van der Waals surface area contributed by atoms with Crippen molar-refractivity contribution in [3.8, 4) is 0 Å². The molecule has 104 valence electrons. The van der Waals surface area contributed by atoms with Gasteiger partial charge < -0.3 is 5.32 Å². The Labute approximate surface area is 121 Å². The molecule has 0 spiro atoms. The van der Waals surface area contributed by atoms with E-state index in [1.54, 1.807) is 18.2 Å². The number of halogens is 4. The van der Waals surface area contributed by atoms with E-state index < -0.39 is 17.6 Å². The number of amides is 1. The van der Waals surface area contributed by atoms with E-state index >= 15 is 0 Å². The predicted molar refractivity (Wildman–Crippen MR) is 73.5 cm³/mol. The molecule has 0 aliphatic heterocycles. The van der Waals surface area contributed by atoms with Crippen molar-refractivity contribution in [2.45, 2.75) is 6.18 Å². The summed E-state index contributed by atoms with van der Waals surface area (Å²) in [5.74, 6) is -0.585. The lowest BCUT2D eigenvalue weighted by Gasteiger charge is -2.14. The summed E-state index contributed by atoms with van der Waals surface area (Å²) >= 11 is 2.99. The lowest BCUT2D eigenvalue weighted by Crippen LogP contribution is -2.16. The highest BCUT2D eigenvalue weighted by Gasteiger charge is 2.34. The second-order valence-corrected chi connectivity index (χ2v) is 4.92. The Bertz CT molecular complexity index is 626. The standard InChI is InChI=1S/C14H9BrF3NO/c15-10-6-7-12(11(8-10)14(16,17)18)19-13(20)9-4-2-1-3-5-9/h1-8H,(H,19,20). The summed E-state index contributed by atoms with van der Waals surface area (Å²) < 4.78 is 39.0. The predicted octanol–water partition coefficient (Wildman–Crippen LogP) is 4.72. The van der Waals surface area contributed by atoms with E-state index in [0.29, 0.717) is 10.0 Å². The fourth-order valence-electron chi connectivity index (χ4n) is 1.64. The molecule has 2 nitrogen and oxygen atoms in total. The number of alkyl halides is 3. The molecule has 0 saturated carbocycles. The summed E-state index contributed by atoms with van der Waals surface area (Å²) in [5.41, 5.74) is -0.866. The van der Waals surface area contributed by atoms with Gasteiger partial charge in [0, 0.05) is 10.0 Å². The molecule has 6 heteroatoms. The van der Waals surface area contributed by atoms with Crippen molar-refractivity contribution in [1.82, 2.24) is 0 Å². The molecule has 20 heavy (non-hydrogen) atoms. The second-order valence-electron chi connectivity index (χ2n) is 4.01. The molecule has 0 aliphatic carbocycles. The van der Waals surface area contributed by atoms with Crippen LogP contribution in [0.5, 0.6) is 0 Å². The zero-order valence-electron chi connectivity index (χ0n) is 10.0. The molecule has 0 radical (unpaired) electrons. The highest BCUT2D eigenvalue weighted by molar-refractivity contribution is 9.10. The van der Waals surface area contributed by atoms with Crippen LogP contribution in [0.3, 0.4) is 0 Å². The van der Waals surface area contributed by atoms with Crippen molar-refractivity contribution in [3.05, 3.63) is 64.1 Å². The van der Waals surface area contributed by atoms with Crippen LogP contribution in [0.4, 0.5) is 18.9 Å². The Morgan fingerprint density at radius 2 is 1.70 bits per heavy atom. The van der Waals surface area contributed by atoms with Gasteiger partial charge in [0.05, 0.1) is 11.3 Å². The molecule has 0 atom stereocenters. The number of hydrogen-bond donors (Lipinski definition) is 1. The lowest BCUT2D eigenvalue weighted by molar-refractivity contribution is -0.136. The van der Waals surface area contributed by atoms with Crippen LogP contribution in [0.15, 0.2) is 53.0 Å². The van der Waals surface area contributed by atoms with Gasteiger partial charge in [-0.15, -0.1) is 0 Å². The van der Waals surface area contributed by atoms with Crippen LogP contribution in [0.1, 0.15) is 15.9 Å². The van der Waals surface area contributed by atoms with E-state index in [0.717, 1.165) is 6.07 Å². The first-order valence-corrected chi connectivity index (χ1v) is 6.40. The van der Waals surface area contributed by atoms with Crippen molar-refractivity contribution in [2.24, 2.45) is 0 Å². The van der Waals surface area contributed by atoms with Crippen molar-refractivity contribution >= 4 is 27.5 Å². The molecular formula is C14H9BrF3NO. The molecule has 0 fully saturated rings. The Hall–Kier alpha value is -1.82. The molecule has 1 N–H and O–H groups in total. The molecule has 2 rings (SSSR count). The number of anilines is 1. The van der Waals surface area contributed by atoms with Crippen molar-refractivity contribution in [3.63, 3.8) is 0 Å². The molecule has 0 saturated heterocycles. The van der Waals surface area contributed by atoms with E-state index in [1.807, 2.05) is 0 Å². The van der Waals surface area contributed by atoms with E-state index in [1.165, 1.54) is 24.3 Å². The van der Waals surface area contributed by atoms with Gasteiger partial charge in [-0.1, -0.05) is 34.1 Å². The molecular weight excluding hydrogens is 335 g/mol. The third-order valence-corrected chi connectivity index (χ3v) is 3.06. The SMILES string of the molecule is O=C(Nc1ccc(Br)cc1C(F)(F)F)c1ccccc1. The highest BCUT2D eigenvalue weighted by atomic mass is 79.9. The van der Waals surface area contributed by atoms with Crippen LogP contribution < -0.4 is 5.32 Å². The average Bonchev–Trinajstić information content (AvgIpc) is 2.40. The number of nitrogens with one attached hydrogen (secondary N) is 1. The molecule has 0 bridgehead atoms. The van der Waals surface area contributed by atoms with E-state index in [-0.39, 0.29) is 5.69 Å². The van der Waals surface area contributed by atoms with Crippen LogP contribution in [0.25, 0.3) is 0 Å². The van der Waals surface area contributed by atoms with Crippen molar-refractivity contribution < 1.29 is 18.0 Å². The summed E-state index contributed by atoms with van der Waals surface area (Å²) in [5, 5.41) is 2.28. The molecule has 0 unspecified atom stereocenters. The maximum atomic E-state index is 12.9. The molecule has 0 heterocycles. The van der Waals surface area contributed by atoms with Gasteiger partial charge in [0.15, 0.2) is 0 Å². The molecule has 1 amide bonds. The van der Waals surface area contributed by atoms with Crippen molar-refractivity contribution in [1.29, 1.82) is 0 Å². The van der Waals surface area contributed by atoms with E-state index in [4.69, 9.17) is 0 Å². The number of carbonyl (C=O) groups excluding carboxylic acids is 1. The van der Waals surface area contributed by atoms with Gasteiger partial charge in [-0.3, -0.25) is 4.79 Å². The van der Waals surface area contributed by atoms with Gasteiger partial charge in [0.2, 0.25) is 0 Å². The zero-order chi connectivity index (χ0) is 14.8. The molecule has 0 aliphatic rings. The first kappa shape index (κ1) is 14.6. The zero-order valence-corrected chi connectivity index (χ0v) is 11.6. The molecule has 0 aromatic heterocycles. The van der Waals surface area contributed by atoms with Gasteiger partial charge in [-0.25, -0.2) is 0 Å². The quantitative estimate of drug-likeness (QED) is 0.839. The van der Waals surface area contributed by atoms with E-state index in [2.05, 4.69) is 21.2 Å². The Kier molecular flexibility index (Phi) is 4.13. The minimum absolute atomic E-state index is 0.269. The van der Waals surface area contributed by atoms with Crippen molar-refractivity contribution in [2.75, 3.05) is 5.32 Å². The fraction of sp³-hybridized carbons (Fsp3) is 0.0714. The maximum absolute atomic E-state index is 12.9. The maximum Gasteiger partial charge on any atom is 0.418 e. The van der Waals surface area contributed by atoms with Gasteiger partial charge in [0.1, 0.15) is 0 Å². The average molecular weight is 344 g/mol. The second kappa shape index (κ2) is 5.66. The van der Waals surface area contributed by atoms with Gasteiger partial charge in [-0.2, -0.15) is 13.2 Å². The number of hydrogen-bond acceptors (Lipinski definition) is 1. The fourth-order valence-corrected chi connectivity index (χ4v) is 2.01. The van der Waals surface area contributed by atoms with E-state index in [9.17, 15) is 18.0 Å². The normalized spacial score (nSPS) is 11.2. The number of rotatable bonds is 2. The summed E-state index contributed by atoms with van der Waals surface area (Å²) in [6.07, 6.45) is -4.54. The smallest absolute Gasteiger partial charge is 0.321 e. The van der Waals surface area contributed by atoms with Gasteiger partial charge in [0.25, 0.3) is 5.91 Å². The van der Waals surface area contributed by atoms with Crippen LogP contribution in [0.2, 0.25) is 0 Å². The number of carbonyl (C=O) groups is 1. The van der Waals surface area contributed by atoms with Gasteiger partial charge >= 0.3 is 6.18 Å². The largest absolute Gasteiger partial charge is 0.418 e. The number of benzene rings is 2. The monoisotopic (exact) mass is 343 g/mol. The summed E-state index contributed by atoms with van der Waals surface area (Å²) in [4.78, 5) is 11.9. The minimum atomic E-state index is -4.54. The summed E-state index contributed by atoms with van der Waals surface area (Å²) in [6.45, 7) is 0. The topological polar surface area (TPSA) is 29.1 Å². The Morgan fingerprint density at radius 3 is 2.30 bits per heavy atom. The highest BCUT2D eigenvalue weighted by Crippen LogP contribution is 2.36. The third-order valence-electron chi connectivity index (χ3n) is 2.57. The third kappa shape index (κ3) is 3.39. The summed E-state index contributed by atoms with van der Waals surface area (Å²) in [6, 6.07) is 11.6. The Balaban J connectivity index is 2.33. The summed E-state index contributed by atoms with van der Waals surface area (Å²) in [7, 11) is 0. The Morgan fingerprint density at radius 1 is 1.05 bits per heavy atom. The lowest BCUT2D eigenvalue weighted by atomic mass is 10.1. The molecule has 2 aromatic rings. The van der Waals surface area contributed by atoms with Gasteiger partial charge in [-0.05, 0) is 30.3 Å². The van der Waals surface area contributed by atoms with Crippen LogP contribution >= 0.6 is 15.9 Å². The minimum Gasteiger partial charge on any atom is -0.321 e. The molecule has 2 aromatic carbocycles. The first-order chi connectivity index (χ1) is 9.38.